The molecule has 5 nitrogen and oxygen atoms in total. The van der Waals surface area contributed by atoms with Gasteiger partial charge in [0.05, 0.1) is 7.11 Å². The van der Waals surface area contributed by atoms with Crippen molar-refractivity contribution in [1.82, 2.24) is 14.8 Å². The second kappa shape index (κ2) is 8.50. The third kappa shape index (κ3) is 3.87. The lowest BCUT2D eigenvalue weighted by atomic mass is 10.1. The quantitative estimate of drug-likeness (QED) is 0.681. The molecule has 0 N–H and O–H groups in total. The highest BCUT2D eigenvalue weighted by atomic mass is 19.1. The van der Waals surface area contributed by atoms with Gasteiger partial charge in [-0.1, -0.05) is 12.8 Å². The number of hydrogen-bond acceptors (Lipinski definition) is 4. The number of ether oxygens (including phenoxy) is 1. The van der Waals surface area contributed by atoms with Crippen molar-refractivity contribution >= 4 is 5.95 Å². The molecule has 0 spiro atoms. The van der Waals surface area contributed by atoms with Gasteiger partial charge in [0.1, 0.15) is 11.9 Å². The number of anilines is 1. The summed E-state index contributed by atoms with van der Waals surface area (Å²) in [5.74, 6) is 3.00. The minimum absolute atomic E-state index is 0.351. The van der Waals surface area contributed by atoms with Gasteiger partial charge in [-0.05, 0) is 69.2 Å². The maximum atomic E-state index is 13.8. The third-order valence-corrected chi connectivity index (χ3v) is 6.36. The molecule has 0 amide bonds. The lowest BCUT2D eigenvalue weighted by Crippen LogP contribution is -2.35. The second-order valence-corrected chi connectivity index (χ2v) is 8.16. The molecule has 2 aromatic rings. The molecule has 2 fully saturated rings. The topological polar surface area (TPSA) is 43.2 Å². The van der Waals surface area contributed by atoms with Gasteiger partial charge in [-0.25, -0.2) is 4.39 Å². The molecule has 28 heavy (non-hydrogen) atoms. The summed E-state index contributed by atoms with van der Waals surface area (Å²) in [7, 11) is 1.67. The number of nitrogens with zero attached hydrogens (tertiary/aromatic N) is 4. The molecule has 2 atom stereocenters. The highest BCUT2D eigenvalue weighted by Gasteiger charge is 2.30. The fraction of sp³-hybridized carbons (Fsp3) is 0.636. The highest BCUT2D eigenvalue weighted by molar-refractivity contribution is 5.59. The summed E-state index contributed by atoms with van der Waals surface area (Å²) >= 11 is 0. The van der Waals surface area contributed by atoms with Crippen molar-refractivity contribution in [3.63, 3.8) is 0 Å². The van der Waals surface area contributed by atoms with Crippen LogP contribution in [0.4, 0.5) is 10.3 Å². The molecular formula is C22H31FN4O. The Bertz CT molecular complexity index is 769. The Hall–Kier alpha value is -2.11. The van der Waals surface area contributed by atoms with Crippen LogP contribution in [0.5, 0.6) is 5.75 Å². The molecule has 2 unspecified atom stereocenters. The molecule has 0 radical (unpaired) electrons. The summed E-state index contributed by atoms with van der Waals surface area (Å²) in [4.78, 5) is 2.41. The van der Waals surface area contributed by atoms with E-state index in [0.29, 0.717) is 24.8 Å². The van der Waals surface area contributed by atoms with Crippen molar-refractivity contribution in [3.05, 3.63) is 24.3 Å². The maximum Gasteiger partial charge on any atom is 0.227 e. The summed E-state index contributed by atoms with van der Waals surface area (Å²) in [6.07, 6.45) is 6.61. The molecule has 152 valence electrons. The van der Waals surface area contributed by atoms with Crippen LogP contribution in [0.1, 0.15) is 51.9 Å². The first-order valence-electron chi connectivity index (χ1n) is 10.7. The van der Waals surface area contributed by atoms with E-state index in [1.54, 1.807) is 7.11 Å². The minimum atomic E-state index is -0.661. The minimum Gasteiger partial charge on any atom is -0.497 e. The first-order valence-corrected chi connectivity index (χ1v) is 10.7. The normalized spacial score (nSPS) is 22.7. The fourth-order valence-corrected chi connectivity index (χ4v) is 4.85. The van der Waals surface area contributed by atoms with Gasteiger partial charge in [0.25, 0.3) is 0 Å². The summed E-state index contributed by atoms with van der Waals surface area (Å²) < 4.78 is 21.3. The van der Waals surface area contributed by atoms with E-state index in [4.69, 9.17) is 4.74 Å². The lowest BCUT2D eigenvalue weighted by molar-refractivity contribution is 0.323. The van der Waals surface area contributed by atoms with E-state index >= 15 is 0 Å². The van der Waals surface area contributed by atoms with Gasteiger partial charge in [0.15, 0.2) is 5.82 Å². The van der Waals surface area contributed by atoms with Gasteiger partial charge in [-0.3, -0.25) is 4.57 Å². The Kier molecular flexibility index (Phi) is 5.83. The van der Waals surface area contributed by atoms with E-state index in [1.807, 2.05) is 24.3 Å². The first kappa shape index (κ1) is 19.2. The predicted octanol–water partition coefficient (Wildman–Crippen LogP) is 4.86. The van der Waals surface area contributed by atoms with E-state index in [0.717, 1.165) is 42.6 Å². The number of aromatic nitrogens is 3. The zero-order chi connectivity index (χ0) is 19.5. The Labute approximate surface area is 166 Å². The molecule has 0 aliphatic heterocycles. The molecule has 1 aromatic carbocycles. The number of rotatable bonds is 7. The summed E-state index contributed by atoms with van der Waals surface area (Å²) in [5.41, 5.74) is 1.02. The van der Waals surface area contributed by atoms with Crippen molar-refractivity contribution in [2.75, 3.05) is 18.6 Å². The van der Waals surface area contributed by atoms with E-state index < -0.39 is 6.17 Å². The molecule has 2 saturated carbocycles. The summed E-state index contributed by atoms with van der Waals surface area (Å²) in [6.45, 7) is 3.90. The molecule has 4 rings (SSSR count). The van der Waals surface area contributed by atoms with Crippen molar-refractivity contribution < 1.29 is 9.13 Å². The smallest absolute Gasteiger partial charge is 0.227 e. The molecule has 0 bridgehead atoms. The van der Waals surface area contributed by atoms with E-state index in [1.165, 1.54) is 25.7 Å². The van der Waals surface area contributed by atoms with Crippen molar-refractivity contribution in [3.8, 4) is 17.1 Å². The number of halogens is 1. The first-order chi connectivity index (χ1) is 13.7. The number of alkyl halides is 1. The van der Waals surface area contributed by atoms with Crippen LogP contribution in [-0.2, 0) is 6.54 Å². The lowest BCUT2D eigenvalue weighted by Gasteiger charge is -2.29. The van der Waals surface area contributed by atoms with E-state index in [9.17, 15) is 4.39 Å². The third-order valence-electron chi connectivity index (χ3n) is 6.36. The number of benzene rings is 1. The predicted molar refractivity (Wildman–Crippen MR) is 110 cm³/mol. The van der Waals surface area contributed by atoms with Gasteiger partial charge in [-0.15, -0.1) is 10.2 Å². The Balaban J connectivity index is 1.69. The molecule has 2 aliphatic rings. The van der Waals surface area contributed by atoms with Gasteiger partial charge >= 0.3 is 0 Å². The molecule has 2 aliphatic carbocycles. The molecule has 1 heterocycles. The average molecular weight is 387 g/mol. The van der Waals surface area contributed by atoms with Crippen molar-refractivity contribution in [2.45, 2.75) is 70.6 Å². The zero-order valence-corrected chi connectivity index (χ0v) is 17.0. The molecule has 6 heteroatoms. The summed E-state index contributed by atoms with van der Waals surface area (Å²) in [6, 6.07) is 8.50. The molecule has 1 aromatic heterocycles. The van der Waals surface area contributed by atoms with Gasteiger partial charge in [0, 0.05) is 24.7 Å². The van der Waals surface area contributed by atoms with E-state index in [2.05, 4.69) is 26.6 Å². The van der Waals surface area contributed by atoms with Crippen LogP contribution in [0.2, 0.25) is 0 Å². The van der Waals surface area contributed by atoms with E-state index in [-0.39, 0.29) is 0 Å². The van der Waals surface area contributed by atoms with Gasteiger partial charge < -0.3 is 9.64 Å². The average Bonchev–Trinajstić information content (AvgIpc) is 3.46. The Morgan fingerprint density at radius 1 is 1.11 bits per heavy atom. The van der Waals surface area contributed by atoms with Crippen LogP contribution in [-0.4, -0.2) is 40.6 Å². The van der Waals surface area contributed by atoms with Crippen LogP contribution in [0.25, 0.3) is 11.4 Å². The van der Waals surface area contributed by atoms with Gasteiger partial charge in [0.2, 0.25) is 5.95 Å². The molecule has 0 saturated heterocycles. The second-order valence-electron chi connectivity index (χ2n) is 8.16. The SMILES string of the molecule is CCN(c1nnc(-c2ccc(OC)cc2)n1CC1CCC(F)C1)C1CCCC1. The monoisotopic (exact) mass is 386 g/mol. The standard InChI is InChI=1S/C22H31FN4O/c1-3-26(19-6-4-5-7-19)22-25-24-21(17-9-12-20(28-2)13-10-17)27(22)15-16-8-11-18(23)14-16/h9-10,12-13,16,18-19H,3-8,11,14-15H2,1-2H3. The van der Waals surface area contributed by atoms with Crippen LogP contribution in [0.3, 0.4) is 0 Å². The number of hydrogen-bond donors (Lipinski definition) is 0. The summed E-state index contributed by atoms with van der Waals surface area (Å²) in [5, 5.41) is 9.21. The zero-order valence-electron chi connectivity index (χ0n) is 17.0. The fourth-order valence-electron chi connectivity index (χ4n) is 4.85. The molecular weight excluding hydrogens is 355 g/mol. The van der Waals surface area contributed by atoms with Crippen LogP contribution in [0.15, 0.2) is 24.3 Å². The van der Waals surface area contributed by atoms with Crippen molar-refractivity contribution in [2.24, 2.45) is 5.92 Å². The van der Waals surface area contributed by atoms with Gasteiger partial charge in [-0.2, -0.15) is 0 Å². The van der Waals surface area contributed by atoms with Crippen molar-refractivity contribution in [1.29, 1.82) is 0 Å². The Morgan fingerprint density at radius 2 is 1.86 bits per heavy atom. The maximum absolute atomic E-state index is 13.8. The van der Waals surface area contributed by atoms with Crippen LogP contribution < -0.4 is 9.64 Å². The largest absolute Gasteiger partial charge is 0.497 e. The number of methoxy groups -OCH3 is 1. The van der Waals surface area contributed by atoms with Crippen LogP contribution >= 0.6 is 0 Å². The highest BCUT2D eigenvalue weighted by Crippen LogP contribution is 2.34. The van der Waals surface area contributed by atoms with Crippen LogP contribution in [0, 0.1) is 5.92 Å². The Morgan fingerprint density at radius 3 is 2.46 bits per heavy atom.